The molecule has 0 aliphatic heterocycles. The molecule has 0 saturated heterocycles. The molecule has 3 aromatic rings. The number of hydrogen-bond donors (Lipinski definition) is 3. The molecule has 0 radical (unpaired) electrons. The van der Waals surface area contributed by atoms with Crippen LogP contribution in [0.5, 0.6) is 0 Å². The topological polar surface area (TPSA) is 78.1 Å². The van der Waals surface area contributed by atoms with Gasteiger partial charge in [0.1, 0.15) is 0 Å². The molecule has 1 aliphatic carbocycles. The molecule has 0 fully saturated rings. The monoisotopic (exact) mass is 423 g/mol. The van der Waals surface area contributed by atoms with Gasteiger partial charge in [0, 0.05) is 25.6 Å². The summed E-state index contributed by atoms with van der Waals surface area (Å²) < 4.78 is 0. The minimum atomic E-state index is -0.430. The predicted molar refractivity (Wildman–Crippen MR) is 134 cm³/mol. The minimum Gasteiger partial charge on any atom is -0.326 e. The van der Waals surface area contributed by atoms with Crippen LogP contribution in [-0.2, 0) is 25.0 Å². The van der Waals surface area contributed by atoms with E-state index in [1.165, 1.54) is 27.8 Å². The number of benzene rings is 3. The molecule has 0 unspecified atom stereocenters. The molecule has 164 valence electrons. The molecule has 0 aromatic heterocycles. The molecule has 0 spiro atoms. The lowest BCUT2D eigenvalue weighted by molar-refractivity contribution is 0.525. The van der Waals surface area contributed by atoms with E-state index in [0.717, 1.165) is 16.7 Å². The van der Waals surface area contributed by atoms with Crippen molar-refractivity contribution >= 4 is 0 Å². The van der Waals surface area contributed by atoms with Crippen molar-refractivity contribution < 1.29 is 0 Å². The second-order valence-corrected chi connectivity index (χ2v) is 8.75. The van der Waals surface area contributed by atoms with Crippen LogP contribution in [0.3, 0.4) is 0 Å². The zero-order chi connectivity index (χ0) is 22.7. The summed E-state index contributed by atoms with van der Waals surface area (Å²) in [5, 5.41) is 0. The van der Waals surface area contributed by atoms with Gasteiger partial charge < -0.3 is 17.2 Å². The highest BCUT2D eigenvalue weighted by Crippen LogP contribution is 2.49. The number of rotatable bonds is 7. The van der Waals surface area contributed by atoms with Crippen LogP contribution in [0.15, 0.2) is 96.1 Å². The SMILES string of the molecule is CC1=CC(C(c2cccc(CN)c2)(c2cccc(CN)c2)c2cccc(CN)c2)C=C1C. The van der Waals surface area contributed by atoms with E-state index >= 15 is 0 Å². The van der Waals surface area contributed by atoms with Crippen molar-refractivity contribution in [3.05, 3.63) is 129 Å². The van der Waals surface area contributed by atoms with Gasteiger partial charge in [0.15, 0.2) is 0 Å². The summed E-state index contributed by atoms with van der Waals surface area (Å²) >= 11 is 0. The van der Waals surface area contributed by atoms with E-state index < -0.39 is 5.41 Å². The Morgan fingerprint density at radius 3 is 1.25 bits per heavy atom. The lowest BCUT2D eigenvalue weighted by Crippen LogP contribution is -2.36. The summed E-state index contributed by atoms with van der Waals surface area (Å²) in [7, 11) is 0. The largest absolute Gasteiger partial charge is 0.326 e. The van der Waals surface area contributed by atoms with Gasteiger partial charge in [0.05, 0.1) is 5.41 Å². The second-order valence-electron chi connectivity index (χ2n) is 8.75. The molecule has 6 N–H and O–H groups in total. The van der Waals surface area contributed by atoms with Gasteiger partial charge in [-0.05, 0) is 47.2 Å². The predicted octanol–water partition coefficient (Wildman–Crippen LogP) is 4.92. The van der Waals surface area contributed by atoms with E-state index in [1.807, 2.05) is 0 Å². The van der Waals surface area contributed by atoms with Crippen molar-refractivity contribution in [3.8, 4) is 0 Å². The van der Waals surface area contributed by atoms with Gasteiger partial charge in [0.2, 0.25) is 0 Å². The maximum atomic E-state index is 6.07. The van der Waals surface area contributed by atoms with Gasteiger partial charge in [-0.15, -0.1) is 0 Å². The molecule has 0 amide bonds. The van der Waals surface area contributed by atoms with Crippen LogP contribution >= 0.6 is 0 Å². The zero-order valence-electron chi connectivity index (χ0n) is 19.0. The zero-order valence-corrected chi connectivity index (χ0v) is 19.0. The van der Waals surface area contributed by atoms with Crippen LogP contribution in [0.25, 0.3) is 0 Å². The third kappa shape index (κ3) is 3.84. The number of nitrogens with two attached hydrogens (primary N) is 3. The van der Waals surface area contributed by atoms with Crippen molar-refractivity contribution in [2.24, 2.45) is 23.1 Å². The Balaban J connectivity index is 2.13. The maximum Gasteiger partial charge on any atom is 0.0548 e. The number of hydrogen-bond acceptors (Lipinski definition) is 3. The Hall–Kier alpha value is -2.98. The average Bonchev–Trinajstić information content (AvgIpc) is 3.18. The van der Waals surface area contributed by atoms with Crippen LogP contribution in [0, 0.1) is 5.92 Å². The molecule has 3 heteroatoms. The molecule has 0 heterocycles. The van der Waals surface area contributed by atoms with Crippen molar-refractivity contribution in [1.29, 1.82) is 0 Å². The number of allylic oxidation sites excluding steroid dienone is 4. The first-order chi connectivity index (χ1) is 15.5. The second kappa shape index (κ2) is 9.25. The Labute approximate surface area is 191 Å². The highest BCUT2D eigenvalue weighted by Gasteiger charge is 2.43. The van der Waals surface area contributed by atoms with Crippen molar-refractivity contribution in [2.45, 2.75) is 38.9 Å². The van der Waals surface area contributed by atoms with E-state index in [-0.39, 0.29) is 5.92 Å². The molecule has 3 aromatic carbocycles. The first-order valence-corrected chi connectivity index (χ1v) is 11.3. The van der Waals surface area contributed by atoms with E-state index in [4.69, 9.17) is 17.2 Å². The van der Waals surface area contributed by atoms with Crippen LogP contribution in [0.1, 0.15) is 47.2 Å². The fourth-order valence-corrected chi connectivity index (χ4v) is 5.01. The maximum absolute atomic E-state index is 6.07. The van der Waals surface area contributed by atoms with Crippen LogP contribution in [0.4, 0.5) is 0 Å². The quantitative estimate of drug-likeness (QED) is 0.472. The van der Waals surface area contributed by atoms with E-state index in [1.54, 1.807) is 0 Å². The van der Waals surface area contributed by atoms with Crippen LogP contribution < -0.4 is 17.2 Å². The third-order valence-corrected chi connectivity index (χ3v) is 6.84. The van der Waals surface area contributed by atoms with E-state index in [2.05, 4.69) is 98.8 Å². The standard InChI is InChI=1S/C29H33N3/c1-20-12-28(13-21(20)2)29(25-9-3-6-22(14-25)17-30,26-10-4-7-23(15-26)18-31)27-11-5-8-24(16-27)19-32/h3-16,28H,17-19,30-32H2,1-2H3. The lowest BCUT2D eigenvalue weighted by atomic mass is 9.61. The van der Waals surface area contributed by atoms with Crippen molar-refractivity contribution in [1.82, 2.24) is 0 Å². The minimum absolute atomic E-state index is 0.150. The summed E-state index contributed by atoms with van der Waals surface area (Å²) in [5.74, 6) is 0.150. The summed E-state index contributed by atoms with van der Waals surface area (Å²) in [6.45, 7) is 5.90. The molecule has 4 rings (SSSR count). The van der Waals surface area contributed by atoms with E-state index in [0.29, 0.717) is 19.6 Å². The highest BCUT2D eigenvalue weighted by atomic mass is 14.5. The van der Waals surface area contributed by atoms with Crippen molar-refractivity contribution in [3.63, 3.8) is 0 Å². The summed E-state index contributed by atoms with van der Waals surface area (Å²) in [4.78, 5) is 0. The molecule has 1 aliphatic rings. The molecule has 0 saturated carbocycles. The Bertz CT molecular complexity index is 1040. The van der Waals surface area contributed by atoms with Crippen LogP contribution in [0.2, 0.25) is 0 Å². The molecule has 0 bridgehead atoms. The highest BCUT2D eigenvalue weighted by molar-refractivity contribution is 5.58. The average molecular weight is 424 g/mol. The summed E-state index contributed by atoms with van der Waals surface area (Å²) in [6.07, 6.45) is 4.80. The van der Waals surface area contributed by atoms with Gasteiger partial charge in [0.25, 0.3) is 0 Å². The summed E-state index contributed by atoms with van der Waals surface area (Å²) in [6, 6.07) is 26.1. The smallest absolute Gasteiger partial charge is 0.0548 e. The molecule has 3 nitrogen and oxygen atoms in total. The first-order valence-electron chi connectivity index (χ1n) is 11.3. The molecular formula is C29H33N3. The molecule has 0 atom stereocenters. The first kappa shape index (κ1) is 22.2. The third-order valence-electron chi connectivity index (χ3n) is 6.84. The fourth-order valence-electron chi connectivity index (χ4n) is 5.01. The lowest BCUT2D eigenvalue weighted by Gasteiger charge is -2.40. The Kier molecular flexibility index (Phi) is 6.43. The van der Waals surface area contributed by atoms with E-state index in [9.17, 15) is 0 Å². The van der Waals surface area contributed by atoms with Gasteiger partial charge in [-0.3, -0.25) is 0 Å². The van der Waals surface area contributed by atoms with Crippen molar-refractivity contribution in [2.75, 3.05) is 0 Å². The van der Waals surface area contributed by atoms with Gasteiger partial charge in [-0.1, -0.05) is 96.1 Å². The van der Waals surface area contributed by atoms with Crippen LogP contribution in [-0.4, -0.2) is 0 Å². The molecular weight excluding hydrogens is 390 g/mol. The summed E-state index contributed by atoms with van der Waals surface area (Å²) in [5.41, 5.74) is 27.5. The molecule has 32 heavy (non-hydrogen) atoms. The van der Waals surface area contributed by atoms with Gasteiger partial charge >= 0.3 is 0 Å². The Morgan fingerprint density at radius 1 is 0.594 bits per heavy atom. The van der Waals surface area contributed by atoms with Gasteiger partial charge in [-0.2, -0.15) is 0 Å². The van der Waals surface area contributed by atoms with Gasteiger partial charge in [-0.25, -0.2) is 0 Å². The Morgan fingerprint density at radius 2 is 0.938 bits per heavy atom. The fraction of sp³-hybridized carbons (Fsp3) is 0.241. The normalized spacial score (nSPS) is 14.4.